The molecule has 24 heavy (non-hydrogen) atoms. The van der Waals surface area contributed by atoms with Crippen molar-refractivity contribution in [3.8, 4) is 0 Å². The van der Waals surface area contributed by atoms with Gasteiger partial charge >= 0.3 is 6.03 Å². The van der Waals surface area contributed by atoms with Gasteiger partial charge in [0.15, 0.2) is 0 Å². The zero-order valence-electron chi connectivity index (χ0n) is 13.7. The molecular weight excluding hydrogens is 300 g/mol. The molecule has 3 rings (SSSR count). The van der Waals surface area contributed by atoms with Crippen molar-refractivity contribution in [3.63, 3.8) is 0 Å². The van der Waals surface area contributed by atoms with Crippen LogP contribution < -0.4 is 15.5 Å². The minimum Gasteiger partial charge on any atom is -0.352 e. The summed E-state index contributed by atoms with van der Waals surface area (Å²) in [5.41, 5.74) is 3.78. The first kappa shape index (κ1) is 16.1. The summed E-state index contributed by atoms with van der Waals surface area (Å²) in [4.78, 5) is 18.3. The van der Waals surface area contributed by atoms with Crippen molar-refractivity contribution < 1.29 is 4.79 Å². The van der Waals surface area contributed by atoms with Crippen LogP contribution in [0, 0.1) is 0 Å². The molecule has 1 aliphatic rings. The fourth-order valence-electron chi connectivity index (χ4n) is 2.81. The number of nitrogens with one attached hydrogen (secondary N) is 2. The second-order valence-electron chi connectivity index (χ2n) is 5.82. The minimum absolute atomic E-state index is 0.202. The Kier molecular flexibility index (Phi) is 5.11. The molecule has 0 radical (unpaired) electrons. The molecule has 0 saturated carbocycles. The normalized spacial score (nSPS) is 13.1. The van der Waals surface area contributed by atoms with Crippen molar-refractivity contribution in [3.05, 3.63) is 71.9 Å². The van der Waals surface area contributed by atoms with E-state index < -0.39 is 0 Å². The van der Waals surface area contributed by atoms with Gasteiger partial charge in [-0.25, -0.2) is 9.78 Å². The van der Waals surface area contributed by atoms with E-state index in [9.17, 15) is 4.79 Å². The number of fused-ring (bicyclic) bond motifs is 1. The predicted molar refractivity (Wildman–Crippen MR) is 95.9 cm³/mol. The van der Waals surface area contributed by atoms with Gasteiger partial charge in [0.05, 0.1) is 0 Å². The molecule has 5 nitrogen and oxygen atoms in total. The third-order valence-electron chi connectivity index (χ3n) is 4.12. The van der Waals surface area contributed by atoms with Crippen molar-refractivity contribution in [1.82, 2.24) is 15.6 Å². The summed E-state index contributed by atoms with van der Waals surface area (Å²) in [6.45, 7) is 6.35. The van der Waals surface area contributed by atoms with E-state index in [1.807, 2.05) is 18.3 Å². The van der Waals surface area contributed by atoms with Gasteiger partial charge in [-0.3, -0.25) is 0 Å². The van der Waals surface area contributed by atoms with Crippen LogP contribution in [0.1, 0.15) is 16.7 Å². The number of hydrogen-bond donors (Lipinski definition) is 2. The molecule has 0 fully saturated rings. The number of urea groups is 1. The van der Waals surface area contributed by atoms with Crippen molar-refractivity contribution in [2.75, 3.05) is 18.0 Å². The summed E-state index contributed by atoms with van der Waals surface area (Å²) < 4.78 is 0. The number of amides is 2. The highest BCUT2D eigenvalue weighted by Gasteiger charge is 2.16. The van der Waals surface area contributed by atoms with Gasteiger partial charge in [0.1, 0.15) is 5.82 Å². The number of pyridine rings is 1. The van der Waals surface area contributed by atoms with E-state index >= 15 is 0 Å². The van der Waals surface area contributed by atoms with Crippen molar-refractivity contribution in [1.29, 1.82) is 0 Å². The molecule has 0 aliphatic carbocycles. The van der Waals surface area contributed by atoms with Crippen LogP contribution in [0.2, 0.25) is 0 Å². The van der Waals surface area contributed by atoms with Gasteiger partial charge in [-0.2, -0.15) is 0 Å². The molecule has 124 valence electrons. The Morgan fingerprint density at radius 1 is 1.21 bits per heavy atom. The minimum atomic E-state index is -0.202. The molecule has 0 unspecified atom stereocenters. The Morgan fingerprint density at radius 2 is 2.04 bits per heavy atom. The highest BCUT2D eigenvalue weighted by atomic mass is 16.2. The Morgan fingerprint density at radius 3 is 2.79 bits per heavy atom. The number of benzene rings is 1. The zero-order chi connectivity index (χ0) is 16.8. The van der Waals surface area contributed by atoms with Crippen LogP contribution in [0.5, 0.6) is 0 Å². The lowest BCUT2D eigenvalue weighted by Crippen LogP contribution is -2.35. The van der Waals surface area contributed by atoms with Gasteiger partial charge in [-0.15, -0.1) is 6.58 Å². The topological polar surface area (TPSA) is 57.3 Å². The van der Waals surface area contributed by atoms with E-state index in [1.165, 1.54) is 11.1 Å². The molecule has 5 heteroatoms. The van der Waals surface area contributed by atoms with Crippen molar-refractivity contribution >= 4 is 11.8 Å². The number of nitrogens with zero attached hydrogens (tertiary/aromatic N) is 2. The first-order chi connectivity index (χ1) is 11.8. The first-order valence-electron chi connectivity index (χ1n) is 8.15. The molecule has 0 saturated heterocycles. The molecule has 2 heterocycles. The Bertz CT molecular complexity index is 712. The van der Waals surface area contributed by atoms with Gasteiger partial charge in [-0.1, -0.05) is 36.4 Å². The quantitative estimate of drug-likeness (QED) is 0.832. The maximum atomic E-state index is 11.5. The van der Waals surface area contributed by atoms with E-state index in [4.69, 9.17) is 0 Å². The highest BCUT2D eigenvalue weighted by molar-refractivity contribution is 5.73. The lowest BCUT2D eigenvalue weighted by Gasteiger charge is -2.29. The van der Waals surface area contributed by atoms with Crippen LogP contribution in [0.3, 0.4) is 0 Å². The standard InChI is InChI=1S/C19H22N4O/c1-2-10-20-19(24)22-13-15-7-8-18(21-12-15)23-11-9-16-5-3-4-6-17(16)14-23/h2-8,12H,1,9-11,13-14H2,(H2,20,22,24). The summed E-state index contributed by atoms with van der Waals surface area (Å²) in [7, 11) is 0. The monoisotopic (exact) mass is 322 g/mol. The largest absolute Gasteiger partial charge is 0.352 e. The second kappa shape index (κ2) is 7.64. The maximum absolute atomic E-state index is 11.5. The lowest BCUT2D eigenvalue weighted by atomic mass is 10.00. The molecule has 1 aromatic carbocycles. The predicted octanol–water partition coefficient (Wildman–Crippen LogP) is 2.63. The molecule has 0 bridgehead atoms. The lowest BCUT2D eigenvalue weighted by molar-refractivity contribution is 0.241. The fraction of sp³-hybridized carbons (Fsp3) is 0.263. The van der Waals surface area contributed by atoms with E-state index in [-0.39, 0.29) is 6.03 Å². The molecule has 0 atom stereocenters. The van der Waals surface area contributed by atoms with Gasteiger partial charge in [0.2, 0.25) is 0 Å². The van der Waals surface area contributed by atoms with Crippen LogP contribution in [-0.2, 0) is 19.5 Å². The van der Waals surface area contributed by atoms with Crippen LogP contribution in [0.4, 0.5) is 10.6 Å². The number of carbonyl (C=O) groups excluding carboxylic acids is 1. The molecule has 2 N–H and O–H groups in total. The SMILES string of the molecule is C=CCNC(=O)NCc1ccc(N2CCc3ccccc3C2)nc1. The number of hydrogen-bond acceptors (Lipinski definition) is 3. The first-order valence-corrected chi connectivity index (χ1v) is 8.15. The van der Waals surface area contributed by atoms with Crippen LogP contribution in [0.25, 0.3) is 0 Å². The molecule has 1 aliphatic heterocycles. The van der Waals surface area contributed by atoms with Gasteiger partial charge in [-0.05, 0) is 29.2 Å². The zero-order valence-corrected chi connectivity index (χ0v) is 13.7. The van der Waals surface area contributed by atoms with E-state index in [0.29, 0.717) is 13.1 Å². The second-order valence-corrected chi connectivity index (χ2v) is 5.82. The van der Waals surface area contributed by atoms with Crippen LogP contribution in [0.15, 0.2) is 55.3 Å². The fourth-order valence-corrected chi connectivity index (χ4v) is 2.81. The molecular formula is C19H22N4O. The molecule has 2 amide bonds. The smallest absolute Gasteiger partial charge is 0.315 e. The van der Waals surface area contributed by atoms with E-state index in [2.05, 4.69) is 51.4 Å². The Hall–Kier alpha value is -2.82. The molecule has 0 spiro atoms. The van der Waals surface area contributed by atoms with Crippen LogP contribution in [-0.4, -0.2) is 24.1 Å². The average Bonchev–Trinajstić information content (AvgIpc) is 2.64. The number of rotatable bonds is 5. The van der Waals surface area contributed by atoms with E-state index in [1.54, 1.807) is 6.08 Å². The van der Waals surface area contributed by atoms with E-state index in [0.717, 1.165) is 30.9 Å². The van der Waals surface area contributed by atoms with Crippen LogP contribution >= 0.6 is 0 Å². The van der Waals surface area contributed by atoms with Crippen molar-refractivity contribution in [2.45, 2.75) is 19.5 Å². The highest BCUT2D eigenvalue weighted by Crippen LogP contribution is 2.22. The summed E-state index contributed by atoms with van der Waals surface area (Å²) in [6.07, 6.45) is 4.51. The average molecular weight is 322 g/mol. The third kappa shape index (κ3) is 3.93. The van der Waals surface area contributed by atoms with Gasteiger partial charge in [0, 0.05) is 32.4 Å². The summed E-state index contributed by atoms with van der Waals surface area (Å²) in [6, 6.07) is 12.4. The summed E-state index contributed by atoms with van der Waals surface area (Å²) in [5.74, 6) is 0.976. The Balaban J connectivity index is 1.57. The third-order valence-corrected chi connectivity index (χ3v) is 4.12. The number of aromatic nitrogens is 1. The summed E-state index contributed by atoms with van der Waals surface area (Å²) >= 11 is 0. The summed E-state index contributed by atoms with van der Waals surface area (Å²) in [5, 5.41) is 5.47. The molecule has 2 aromatic rings. The maximum Gasteiger partial charge on any atom is 0.315 e. The molecule has 1 aromatic heterocycles. The Labute approximate surface area is 142 Å². The van der Waals surface area contributed by atoms with Gasteiger partial charge < -0.3 is 15.5 Å². The van der Waals surface area contributed by atoms with Crippen molar-refractivity contribution in [2.24, 2.45) is 0 Å². The number of carbonyl (C=O) groups is 1. The van der Waals surface area contributed by atoms with Gasteiger partial charge in [0.25, 0.3) is 0 Å². The number of anilines is 1.